The van der Waals surface area contributed by atoms with E-state index in [9.17, 15) is 19.5 Å². The van der Waals surface area contributed by atoms with Gasteiger partial charge in [-0.25, -0.2) is 9.90 Å². The van der Waals surface area contributed by atoms with Crippen molar-refractivity contribution in [1.29, 1.82) is 0 Å². The Bertz CT molecular complexity index is 149. The van der Waals surface area contributed by atoms with E-state index in [-0.39, 0.29) is 0 Å². The van der Waals surface area contributed by atoms with Crippen molar-refractivity contribution in [2.75, 3.05) is 0 Å². The van der Waals surface area contributed by atoms with Gasteiger partial charge in [0, 0.05) is 0 Å². The molecule has 0 aliphatic rings. The molecule has 6 heteroatoms. The fourth-order valence-corrected chi connectivity index (χ4v) is 0.307. The maximum absolute atomic E-state index is 9.78. The van der Waals surface area contributed by atoms with Crippen LogP contribution in [0.25, 0.3) is 0 Å². The summed E-state index contributed by atoms with van der Waals surface area (Å²) in [5, 5.41) is 25.5. The molecule has 0 unspecified atom stereocenters. The van der Waals surface area contributed by atoms with Crippen LogP contribution in [0, 0.1) is 5.92 Å². The highest BCUT2D eigenvalue weighted by atomic mass is 16.4. The van der Waals surface area contributed by atoms with Crippen LogP contribution in [0.1, 0.15) is 0 Å². The number of carboxylic acids is 2. The van der Waals surface area contributed by atoms with Gasteiger partial charge in [0.15, 0.2) is 0 Å². The van der Waals surface area contributed by atoms with Crippen molar-refractivity contribution in [3.05, 3.63) is 0 Å². The van der Waals surface area contributed by atoms with Gasteiger partial charge >= 0.3 is 17.9 Å². The molecule has 0 aromatic carbocycles. The maximum atomic E-state index is 9.78. The number of aliphatic carboxylic acids is 2. The monoisotopic (exact) mass is 147 g/mol. The molecule has 0 atom stereocenters. The highest BCUT2D eigenvalue weighted by Crippen LogP contribution is 1.96. The molecule has 1 radical (unpaired) electrons. The molecular formula is C4H3O6. The molecular weight excluding hydrogens is 144 g/mol. The zero-order valence-electron chi connectivity index (χ0n) is 4.60. The third-order valence-corrected chi connectivity index (χ3v) is 0.730. The Morgan fingerprint density at radius 2 is 1.30 bits per heavy atom. The van der Waals surface area contributed by atoms with Crippen LogP contribution in [0.3, 0.4) is 0 Å². The fourth-order valence-electron chi connectivity index (χ4n) is 0.307. The Hall–Kier alpha value is -1.59. The average Bonchev–Trinajstić information content (AvgIpc) is 1.59. The fraction of sp³-hybridized carbons (Fsp3) is 0.250. The van der Waals surface area contributed by atoms with E-state index >= 15 is 0 Å². The first kappa shape index (κ1) is 8.41. The third kappa shape index (κ3) is 1.73. The molecule has 6 nitrogen and oxygen atoms in total. The molecule has 0 aromatic heterocycles. The molecule has 0 aromatic rings. The summed E-state index contributed by atoms with van der Waals surface area (Å²) >= 11 is 0. The molecule has 0 aliphatic carbocycles. The Labute approximate surface area is 54.7 Å². The van der Waals surface area contributed by atoms with E-state index in [1.54, 1.807) is 0 Å². The summed E-state index contributed by atoms with van der Waals surface area (Å²) in [5.41, 5.74) is 0. The molecule has 0 amide bonds. The summed E-state index contributed by atoms with van der Waals surface area (Å²) in [6.45, 7) is 0. The van der Waals surface area contributed by atoms with Crippen molar-refractivity contribution in [2.24, 2.45) is 5.92 Å². The lowest BCUT2D eigenvalue weighted by molar-refractivity contribution is -0.166. The Morgan fingerprint density at radius 3 is 1.30 bits per heavy atom. The zero-order chi connectivity index (χ0) is 8.31. The van der Waals surface area contributed by atoms with Gasteiger partial charge in [0.25, 0.3) is 5.92 Å². The van der Waals surface area contributed by atoms with Crippen LogP contribution >= 0.6 is 0 Å². The summed E-state index contributed by atoms with van der Waals surface area (Å²) in [4.78, 5) is 29.3. The summed E-state index contributed by atoms with van der Waals surface area (Å²) in [7, 11) is 0. The number of hydrogen-bond donors (Lipinski definition) is 2. The quantitative estimate of drug-likeness (QED) is 0.483. The molecule has 0 rings (SSSR count). The van der Waals surface area contributed by atoms with Gasteiger partial charge in [-0.3, -0.25) is 9.59 Å². The zero-order valence-corrected chi connectivity index (χ0v) is 4.60. The standard InChI is InChI=1S/C4H3O6/c5-2(6)1(3(7)8)4(9)10/h1H,(H,5,6)(H,7,8). The van der Waals surface area contributed by atoms with Crippen LogP contribution in [0.2, 0.25) is 0 Å². The predicted octanol–water partition coefficient (Wildman–Crippen LogP) is -1.27. The van der Waals surface area contributed by atoms with Gasteiger partial charge in [-0.1, -0.05) is 0 Å². The number of carbonyl (C=O) groups excluding carboxylic acids is 1. The van der Waals surface area contributed by atoms with Crippen molar-refractivity contribution in [1.82, 2.24) is 0 Å². The molecule has 0 spiro atoms. The van der Waals surface area contributed by atoms with Gasteiger partial charge in [-0.2, -0.15) is 0 Å². The van der Waals surface area contributed by atoms with Crippen LogP contribution in [-0.4, -0.2) is 28.1 Å². The first-order valence-electron chi connectivity index (χ1n) is 2.13. The highest BCUT2D eigenvalue weighted by molar-refractivity contribution is 6.10. The largest absolute Gasteiger partial charge is 0.480 e. The molecule has 0 fully saturated rings. The average molecular weight is 147 g/mol. The van der Waals surface area contributed by atoms with Gasteiger partial charge in [0.1, 0.15) is 0 Å². The molecule has 55 valence electrons. The lowest BCUT2D eigenvalue weighted by Gasteiger charge is -1.95. The van der Waals surface area contributed by atoms with Crippen LogP contribution < -0.4 is 0 Å². The van der Waals surface area contributed by atoms with Crippen LogP contribution in [-0.2, 0) is 19.5 Å². The van der Waals surface area contributed by atoms with E-state index in [1.165, 1.54) is 0 Å². The van der Waals surface area contributed by atoms with E-state index in [2.05, 4.69) is 0 Å². The van der Waals surface area contributed by atoms with E-state index in [4.69, 9.17) is 10.2 Å². The smallest absolute Gasteiger partial charge is 0.381 e. The van der Waals surface area contributed by atoms with E-state index in [1.807, 2.05) is 0 Å². The van der Waals surface area contributed by atoms with Crippen molar-refractivity contribution in [3.8, 4) is 0 Å². The molecule has 0 heterocycles. The van der Waals surface area contributed by atoms with Gasteiger partial charge in [-0.15, -0.1) is 0 Å². The van der Waals surface area contributed by atoms with Crippen molar-refractivity contribution in [2.45, 2.75) is 0 Å². The van der Waals surface area contributed by atoms with Crippen molar-refractivity contribution >= 4 is 17.9 Å². The topological polar surface area (TPSA) is 112 Å². The number of hydrogen-bond acceptors (Lipinski definition) is 3. The number of carboxylic acid groups (broad SMARTS) is 2. The Kier molecular flexibility index (Phi) is 2.36. The molecule has 0 saturated heterocycles. The summed E-state index contributed by atoms with van der Waals surface area (Å²) in [6.07, 6.45) is 0. The Morgan fingerprint density at radius 1 is 1.00 bits per heavy atom. The SMILES string of the molecule is [O]C(=O)C(C(=O)O)C(=O)O. The lowest BCUT2D eigenvalue weighted by Crippen LogP contribution is -2.30. The van der Waals surface area contributed by atoms with Crippen molar-refractivity contribution < 1.29 is 29.7 Å². The van der Waals surface area contributed by atoms with E-state index in [0.717, 1.165) is 0 Å². The van der Waals surface area contributed by atoms with Crippen molar-refractivity contribution in [3.63, 3.8) is 0 Å². The van der Waals surface area contributed by atoms with Gasteiger partial charge < -0.3 is 10.2 Å². The van der Waals surface area contributed by atoms with Gasteiger partial charge in [0.05, 0.1) is 0 Å². The number of carbonyl (C=O) groups is 3. The van der Waals surface area contributed by atoms with Gasteiger partial charge in [-0.05, 0) is 0 Å². The lowest BCUT2D eigenvalue weighted by atomic mass is 10.1. The number of rotatable bonds is 3. The molecule has 2 N–H and O–H groups in total. The van der Waals surface area contributed by atoms with Crippen LogP contribution in [0.4, 0.5) is 0 Å². The predicted molar refractivity (Wildman–Crippen MR) is 24.5 cm³/mol. The minimum Gasteiger partial charge on any atom is -0.480 e. The molecule has 0 bridgehead atoms. The first-order chi connectivity index (χ1) is 4.46. The minimum atomic E-state index is -2.47. The third-order valence-electron chi connectivity index (χ3n) is 0.730. The minimum absolute atomic E-state index is 1.94. The molecule has 0 aliphatic heterocycles. The van der Waals surface area contributed by atoms with Crippen LogP contribution in [0.15, 0.2) is 0 Å². The summed E-state index contributed by atoms with van der Waals surface area (Å²) in [6, 6.07) is 0. The highest BCUT2D eigenvalue weighted by Gasteiger charge is 2.35. The van der Waals surface area contributed by atoms with Crippen LogP contribution in [0.5, 0.6) is 0 Å². The van der Waals surface area contributed by atoms with E-state index < -0.39 is 23.8 Å². The second-order valence-corrected chi connectivity index (χ2v) is 1.43. The summed E-state index contributed by atoms with van der Waals surface area (Å²) in [5.74, 6) is -8.47. The normalized spacial score (nSPS) is 9.30. The first-order valence-corrected chi connectivity index (χ1v) is 2.13. The van der Waals surface area contributed by atoms with E-state index in [0.29, 0.717) is 0 Å². The van der Waals surface area contributed by atoms with Gasteiger partial charge in [0.2, 0.25) is 0 Å². The molecule has 0 saturated carbocycles. The second kappa shape index (κ2) is 2.81. The maximum Gasteiger partial charge on any atom is 0.381 e. The second-order valence-electron chi connectivity index (χ2n) is 1.43. The molecule has 10 heavy (non-hydrogen) atoms. The summed E-state index contributed by atoms with van der Waals surface area (Å²) < 4.78 is 0. The Balaban J connectivity index is 4.43.